The molecule has 0 aromatic heterocycles. The third-order valence-corrected chi connectivity index (χ3v) is 2.98. The molecule has 1 saturated heterocycles. The van der Waals surface area contributed by atoms with Gasteiger partial charge in [0.2, 0.25) is 0 Å². The van der Waals surface area contributed by atoms with Gasteiger partial charge in [0.05, 0.1) is 0 Å². The number of benzene rings is 1. The molecule has 0 amide bonds. The molecule has 0 unspecified atom stereocenters. The summed E-state index contributed by atoms with van der Waals surface area (Å²) in [5, 5.41) is 0. The number of hydrogen-bond acceptors (Lipinski definition) is 1. The Bertz CT molecular complexity index is 247. The molecule has 0 saturated carbocycles. The molecule has 1 aliphatic heterocycles. The lowest BCUT2D eigenvalue weighted by atomic mass is 10.1. The van der Waals surface area contributed by atoms with E-state index in [1.165, 1.54) is 50.9 Å². The van der Waals surface area contributed by atoms with Gasteiger partial charge in [-0.15, -0.1) is 0 Å². The average molecular weight is 189 g/mol. The number of rotatable bonds is 1. The summed E-state index contributed by atoms with van der Waals surface area (Å²) in [7, 11) is 0. The fourth-order valence-corrected chi connectivity index (χ4v) is 2.14. The first-order valence-electron chi connectivity index (χ1n) is 5.77. The monoisotopic (exact) mass is 189 g/mol. The van der Waals surface area contributed by atoms with Crippen molar-refractivity contribution >= 4 is 5.69 Å². The predicted octanol–water partition coefficient (Wildman–Crippen LogP) is 3.46. The minimum absolute atomic E-state index is 1.24. The van der Waals surface area contributed by atoms with Crippen LogP contribution in [-0.4, -0.2) is 13.1 Å². The molecule has 1 nitrogen and oxygen atoms in total. The molecule has 1 heteroatoms. The third kappa shape index (κ3) is 2.50. The second kappa shape index (κ2) is 5.04. The Kier molecular flexibility index (Phi) is 3.44. The third-order valence-electron chi connectivity index (χ3n) is 2.98. The van der Waals surface area contributed by atoms with E-state index < -0.39 is 0 Å². The van der Waals surface area contributed by atoms with Crippen molar-refractivity contribution in [1.29, 1.82) is 0 Å². The lowest BCUT2D eigenvalue weighted by Crippen LogP contribution is -2.26. The number of hydrogen-bond donors (Lipinski definition) is 0. The molecular formula is C13H19N. The van der Waals surface area contributed by atoms with Crippen LogP contribution in [0.5, 0.6) is 0 Å². The molecule has 1 aromatic rings. The number of anilines is 1. The molecule has 1 heterocycles. The first-order valence-corrected chi connectivity index (χ1v) is 5.77. The summed E-state index contributed by atoms with van der Waals surface area (Å²) in [5.74, 6) is 0. The van der Waals surface area contributed by atoms with Crippen molar-refractivity contribution in [2.24, 2.45) is 0 Å². The standard InChI is InChI=1S/C13H19N/c1-2-7-11-14(12-8-3-1)13-9-5-4-6-10-13/h4-6,9-10H,1-3,7-8,11-12H2. The second-order valence-electron chi connectivity index (χ2n) is 4.09. The average Bonchev–Trinajstić information content (AvgIpc) is 2.18. The Morgan fingerprint density at radius 3 is 1.93 bits per heavy atom. The first kappa shape index (κ1) is 9.57. The summed E-state index contributed by atoms with van der Waals surface area (Å²) < 4.78 is 0. The summed E-state index contributed by atoms with van der Waals surface area (Å²) >= 11 is 0. The maximum atomic E-state index is 2.53. The summed E-state index contributed by atoms with van der Waals surface area (Å²) in [6, 6.07) is 10.8. The van der Waals surface area contributed by atoms with E-state index in [1.807, 2.05) is 0 Å². The molecule has 14 heavy (non-hydrogen) atoms. The van der Waals surface area contributed by atoms with E-state index in [0.717, 1.165) is 0 Å². The molecule has 0 aliphatic carbocycles. The van der Waals surface area contributed by atoms with Gasteiger partial charge in [-0.1, -0.05) is 37.5 Å². The number of nitrogens with zero attached hydrogens (tertiary/aromatic N) is 1. The van der Waals surface area contributed by atoms with Crippen molar-refractivity contribution in [3.63, 3.8) is 0 Å². The van der Waals surface area contributed by atoms with Crippen LogP contribution in [0.15, 0.2) is 30.3 Å². The fourth-order valence-electron chi connectivity index (χ4n) is 2.14. The Balaban J connectivity index is 2.01. The molecule has 1 aliphatic rings. The van der Waals surface area contributed by atoms with Gasteiger partial charge in [0.15, 0.2) is 0 Å². The zero-order chi connectivity index (χ0) is 9.64. The van der Waals surface area contributed by atoms with Gasteiger partial charge in [-0.3, -0.25) is 0 Å². The zero-order valence-electron chi connectivity index (χ0n) is 8.78. The normalized spacial score (nSPS) is 18.7. The quantitative estimate of drug-likeness (QED) is 0.654. The van der Waals surface area contributed by atoms with Crippen LogP contribution in [0.3, 0.4) is 0 Å². The van der Waals surface area contributed by atoms with E-state index in [2.05, 4.69) is 35.2 Å². The topological polar surface area (TPSA) is 3.24 Å². The van der Waals surface area contributed by atoms with Crippen LogP contribution in [-0.2, 0) is 0 Å². The predicted molar refractivity (Wildman–Crippen MR) is 61.7 cm³/mol. The second-order valence-corrected chi connectivity index (χ2v) is 4.09. The Morgan fingerprint density at radius 1 is 0.714 bits per heavy atom. The molecule has 0 N–H and O–H groups in total. The van der Waals surface area contributed by atoms with Crippen molar-refractivity contribution < 1.29 is 0 Å². The highest BCUT2D eigenvalue weighted by Gasteiger charge is 2.07. The van der Waals surface area contributed by atoms with Gasteiger partial charge >= 0.3 is 0 Å². The Hall–Kier alpha value is -0.980. The summed E-state index contributed by atoms with van der Waals surface area (Å²) in [6.45, 7) is 2.48. The van der Waals surface area contributed by atoms with Crippen LogP contribution in [0, 0.1) is 0 Å². The van der Waals surface area contributed by atoms with Gasteiger partial charge in [0, 0.05) is 18.8 Å². The Morgan fingerprint density at radius 2 is 1.29 bits per heavy atom. The van der Waals surface area contributed by atoms with Crippen LogP contribution in [0.2, 0.25) is 0 Å². The highest BCUT2D eigenvalue weighted by atomic mass is 15.1. The minimum Gasteiger partial charge on any atom is -0.372 e. The van der Waals surface area contributed by atoms with Gasteiger partial charge in [-0.05, 0) is 25.0 Å². The van der Waals surface area contributed by atoms with Gasteiger partial charge in [0.25, 0.3) is 0 Å². The lowest BCUT2D eigenvalue weighted by molar-refractivity contribution is 0.556. The van der Waals surface area contributed by atoms with Crippen LogP contribution in [0.4, 0.5) is 5.69 Å². The van der Waals surface area contributed by atoms with Gasteiger partial charge < -0.3 is 4.90 Å². The zero-order valence-corrected chi connectivity index (χ0v) is 8.78. The SMILES string of the molecule is c1ccc(N2CCCCCCC2)cc1. The Labute approximate surface area is 86.7 Å². The molecule has 1 fully saturated rings. The highest BCUT2D eigenvalue weighted by Crippen LogP contribution is 2.18. The van der Waals surface area contributed by atoms with Gasteiger partial charge in [-0.2, -0.15) is 0 Å². The van der Waals surface area contributed by atoms with Crippen LogP contribution in [0.25, 0.3) is 0 Å². The molecule has 0 bridgehead atoms. The van der Waals surface area contributed by atoms with Gasteiger partial charge in [-0.25, -0.2) is 0 Å². The van der Waals surface area contributed by atoms with Crippen molar-refractivity contribution in [2.75, 3.05) is 18.0 Å². The smallest absolute Gasteiger partial charge is 0.0366 e. The minimum atomic E-state index is 1.24. The highest BCUT2D eigenvalue weighted by molar-refractivity contribution is 5.45. The van der Waals surface area contributed by atoms with E-state index in [4.69, 9.17) is 0 Å². The number of para-hydroxylation sites is 1. The molecule has 2 rings (SSSR count). The molecule has 0 radical (unpaired) electrons. The van der Waals surface area contributed by atoms with Crippen molar-refractivity contribution in [2.45, 2.75) is 32.1 Å². The van der Waals surface area contributed by atoms with E-state index in [0.29, 0.717) is 0 Å². The van der Waals surface area contributed by atoms with Crippen LogP contribution >= 0.6 is 0 Å². The molecule has 0 spiro atoms. The van der Waals surface area contributed by atoms with E-state index in [-0.39, 0.29) is 0 Å². The van der Waals surface area contributed by atoms with Crippen LogP contribution < -0.4 is 4.90 Å². The van der Waals surface area contributed by atoms with Gasteiger partial charge in [0.1, 0.15) is 0 Å². The molecule has 76 valence electrons. The maximum absolute atomic E-state index is 2.53. The van der Waals surface area contributed by atoms with E-state index in [9.17, 15) is 0 Å². The molecular weight excluding hydrogens is 170 g/mol. The largest absolute Gasteiger partial charge is 0.372 e. The van der Waals surface area contributed by atoms with Crippen molar-refractivity contribution in [1.82, 2.24) is 0 Å². The molecule has 1 aromatic carbocycles. The summed E-state index contributed by atoms with van der Waals surface area (Å²) in [6.07, 6.45) is 6.96. The van der Waals surface area contributed by atoms with Crippen molar-refractivity contribution in [3.8, 4) is 0 Å². The van der Waals surface area contributed by atoms with Crippen molar-refractivity contribution in [3.05, 3.63) is 30.3 Å². The fraction of sp³-hybridized carbons (Fsp3) is 0.538. The van der Waals surface area contributed by atoms with E-state index in [1.54, 1.807) is 0 Å². The molecule has 0 atom stereocenters. The maximum Gasteiger partial charge on any atom is 0.0366 e. The summed E-state index contributed by atoms with van der Waals surface area (Å²) in [4.78, 5) is 2.53. The lowest BCUT2D eigenvalue weighted by Gasteiger charge is -2.26. The summed E-state index contributed by atoms with van der Waals surface area (Å²) in [5.41, 5.74) is 1.40. The first-order chi connectivity index (χ1) is 6.97. The van der Waals surface area contributed by atoms with Crippen LogP contribution in [0.1, 0.15) is 32.1 Å². The van der Waals surface area contributed by atoms with E-state index >= 15 is 0 Å².